The van der Waals surface area contributed by atoms with Gasteiger partial charge in [0, 0.05) is 18.3 Å². The molecular formula is C19H22Cl2FN3O4. The number of likely N-dealkylation sites (N-methyl/N-ethyl adjacent to an activating group) is 1. The summed E-state index contributed by atoms with van der Waals surface area (Å²) < 4.78 is 22.3. The van der Waals surface area contributed by atoms with E-state index in [1.54, 1.807) is 4.57 Å². The first-order valence-electron chi connectivity index (χ1n) is 9.22. The van der Waals surface area contributed by atoms with Crippen molar-refractivity contribution in [3.63, 3.8) is 0 Å². The molecule has 0 unspecified atom stereocenters. The number of halogens is 3. The van der Waals surface area contributed by atoms with Gasteiger partial charge in [-0.2, -0.15) is 0 Å². The second-order valence-electron chi connectivity index (χ2n) is 7.50. The highest BCUT2D eigenvalue weighted by atomic mass is 35.5. The first-order chi connectivity index (χ1) is 13.3. The van der Waals surface area contributed by atoms with Crippen LogP contribution in [0.4, 0.5) is 10.1 Å². The van der Waals surface area contributed by atoms with E-state index in [0.29, 0.717) is 0 Å². The number of nitrogen functional groups attached to an aromatic ring is 1. The minimum absolute atomic E-state index is 0. The van der Waals surface area contributed by atoms with Gasteiger partial charge in [-0.05, 0) is 39.3 Å². The maximum Gasteiger partial charge on any atom is 0.341 e. The number of anilines is 1. The highest BCUT2D eigenvalue weighted by Gasteiger charge is 2.32. The zero-order valence-corrected chi connectivity index (χ0v) is 17.4. The summed E-state index contributed by atoms with van der Waals surface area (Å²) in [6, 6.07) is 0.143. The lowest BCUT2D eigenvalue weighted by Crippen LogP contribution is -2.31. The fourth-order valence-electron chi connectivity index (χ4n) is 3.83. The minimum Gasteiger partial charge on any atom is -0.487 e. The maximum atomic E-state index is 15.0. The van der Waals surface area contributed by atoms with Crippen molar-refractivity contribution >= 4 is 46.6 Å². The zero-order valence-electron chi connectivity index (χ0n) is 15.8. The second-order valence-corrected chi connectivity index (χ2v) is 7.88. The molecule has 1 atom stereocenters. The van der Waals surface area contributed by atoms with Gasteiger partial charge in [-0.3, -0.25) is 4.79 Å². The Morgan fingerprint density at radius 3 is 2.66 bits per heavy atom. The first kappa shape index (κ1) is 21.7. The summed E-state index contributed by atoms with van der Waals surface area (Å²) in [6.45, 7) is 1.20. The summed E-state index contributed by atoms with van der Waals surface area (Å²) in [6.07, 6.45) is 4.87. The largest absolute Gasteiger partial charge is 0.487 e. The topological polar surface area (TPSA) is 97.8 Å². The summed E-state index contributed by atoms with van der Waals surface area (Å²) in [5.74, 6) is -2.51. The van der Waals surface area contributed by atoms with Crippen molar-refractivity contribution in [3.05, 3.63) is 32.8 Å². The van der Waals surface area contributed by atoms with Gasteiger partial charge in [0.05, 0.1) is 16.6 Å². The van der Waals surface area contributed by atoms with Gasteiger partial charge in [-0.15, -0.1) is 12.4 Å². The van der Waals surface area contributed by atoms with Crippen LogP contribution in [0.3, 0.4) is 0 Å². The Balaban J connectivity index is 0.00000240. The van der Waals surface area contributed by atoms with Crippen LogP contribution in [0.1, 0.15) is 42.1 Å². The number of carboxylic acids is 1. The number of nitrogens with zero attached hydrogens (tertiary/aromatic N) is 2. The molecule has 1 aliphatic heterocycles. The summed E-state index contributed by atoms with van der Waals surface area (Å²) in [5, 5.41) is 9.09. The number of ether oxygens (including phenoxy) is 1. The van der Waals surface area contributed by atoms with Crippen LogP contribution in [-0.4, -0.2) is 46.8 Å². The number of aromatic carboxylic acids is 1. The molecule has 1 aliphatic carbocycles. The second kappa shape index (κ2) is 8.01. The Morgan fingerprint density at radius 1 is 1.41 bits per heavy atom. The van der Waals surface area contributed by atoms with Gasteiger partial charge in [-0.25, -0.2) is 9.18 Å². The molecule has 0 radical (unpaired) electrons. The van der Waals surface area contributed by atoms with Gasteiger partial charge in [0.2, 0.25) is 5.43 Å². The number of benzene rings is 1. The molecule has 1 aromatic carbocycles. The van der Waals surface area contributed by atoms with E-state index in [2.05, 4.69) is 4.90 Å². The van der Waals surface area contributed by atoms with Crippen LogP contribution in [0.25, 0.3) is 10.9 Å². The van der Waals surface area contributed by atoms with Crippen molar-refractivity contribution in [2.75, 3.05) is 25.9 Å². The van der Waals surface area contributed by atoms with Crippen molar-refractivity contribution < 1.29 is 19.0 Å². The standard InChI is InChI=1S/C19H21ClFN3O4.ClH/c1-23-6-2-3-10(23)8-28-18-13(20)16-12(15(22)14(18)21)17(25)11(19(26)27)7-24(16)9-4-5-9;/h7,9-10H,2-6,8,22H2,1H3,(H,26,27);1H/t10-;/m0./s1. The lowest BCUT2D eigenvalue weighted by molar-refractivity contribution is 0.0695. The summed E-state index contributed by atoms with van der Waals surface area (Å²) in [5.41, 5.74) is 4.42. The van der Waals surface area contributed by atoms with Crippen LogP contribution in [0.15, 0.2) is 11.0 Å². The molecule has 0 bridgehead atoms. The smallest absolute Gasteiger partial charge is 0.341 e. The molecule has 4 rings (SSSR count). The minimum atomic E-state index is -1.39. The molecule has 1 saturated carbocycles. The molecule has 7 nitrogen and oxygen atoms in total. The van der Waals surface area contributed by atoms with Crippen molar-refractivity contribution in [1.82, 2.24) is 9.47 Å². The average Bonchev–Trinajstić information content (AvgIpc) is 3.41. The van der Waals surface area contributed by atoms with Crippen LogP contribution in [0.2, 0.25) is 5.02 Å². The Kier molecular flexibility index (Phi) is 5.98. The maximum absolute atomic E-state index is 15.0. The van der Waals surface area contributed by atoms with Crippen LogP contribution in [-0.2, 0) is 0 Å². The van der Waals surface area contributed by atoms with E-state index >= 15 is 0 Å². The van der Waals surface area contributed by atoms with Gasteiger partial charge in [0.15, 0.2) is 11.6 Å². The molecule has 158 valence electrons. The number of carbonyl (C=O) groups is 1. The third-order valence-corrected chi connectivity index (χ3v) is 5.96. The average molecular weight is 446 g/mol. The van der Waals surface area contributed by atoms with E-state index < -0.39 is 28.5 Å². The number of hydrogen-bond acceptors (Lipinski definition) is 5. The number of nitrogens with two attached hydrogens (primary N) is 1. The highest BCUT2D eigenvalue weighted by molar-refractivity contribution is 6.37. The molecule has 10 heteroatoms. The molecule has 2 aliphatic rings. The number of rotatable bonds is 5. The normalized spacial score (nSPS) is 19.3. The number of fused-ring (bicyclic) bond motifs is 1. The molecule has 2 heterocycles. The van der Waals surface area contributed by atoms with Crippen LogP contribution < -0.4 is 15.9 Å². The number of likely N-dealkylation sites (tertiary alicyclic amines) is 1. The van der Waals surface area contributed by atoms with E-state index in [9.17, 15) is 19.1 Å². The van der Waals surface area contributed by atoms with Crippen molar-refractivity contribution in [2.45, 2.75) is 37.8 Å². The van der Waals surface area contributed by atoms with Gasteiger partial charge < -0.3 is 25.0 Å². The Bertz CT molecular complexity index is 1040. The number of aromatic nitrogens is 1. The molecule has 1 saturated heterocycles. The molecular weight excluding hydrogens is 424 g/mol. The Morgan fingerprint density at radius 2 is 2.10 bits per heavy atom. The molecule has 2 fully saturated rings. The van der Waals surface area contributed by atoms with Gasteiger partial charge >= 0.3 is 5.97 Å². The quantitative estimate of drug-likeness (QED) is 0.685. The summed E-state index contributed by atoms with van der Waals surface area (Å²) in [4.78, 5) is 26.3. The van der Waals surface area contributed by atoms with Crippen LogP contribution >= 0.6 is 24.0 Å². The predicted octanol–water partition coefficient (Wildman–Crippen LogP) is 3.30. The SMILES string of the molecule is CN1CCC[C@H]1COc1c(F)c(N)c2c(=O)c(C(=O)O)cn(C3CC3)c2c1Cl.Cl. The zero-order chi connectivity index (χ0) is 20.2. The molecule has 2 aromatic rings. The van der Waals surface area contributed by atoms with Crippen molar-refractivity contribution in [2.24, 2.45) is 0 Å². The fraction of sp³-hybridized carbons (Fsp3) is 0.474. The van der Waals surface area contributed by atoms with E-state index in [1.807, 2.05) is 7.05 Å². The monoisotopic (exact) mass is 445 g/mol. The predicted molar refractivity (Wildman–Crippen MR) is 111 cm³/mol. The molecule has 29 heavy (non-hydrogen) atoms. The van der Waals surface area contributed by atoms with Gasteiger partial charge in [0.1, 0.15) is 17.2 Å². The van der Waals surface area contributed by atoms with E-state index in [-0.39, 0.29) is 52.8 Å². The number of hydrogen-bond donors (Lipinski definition) is 2. The fourth-order valence-corrected chi connectivity index (χ4v) is 4.16. The van der Waals surface area contributed by atoms with Gasteiger partial charge in [0.25, 0.3) is 0 Å². The molecule has 1 aromatic heterocycles. The first-order valence-corrected chi connectivity index (χ1v) is 9.60. The van der Waals surface area contributed by atoms with E-state index in [1.165, 1.54) is 6.20 Å². The summed E-state index contributed by atoms with van der Waals surface area (Å²) >= 11 is 6.48. The van der Waals surface area contributed by atoms with E-state index in [0.717, 1.165) is 32.2 Å². The Hall–Kier alpha value is -2.03. The highest BCUT2D eigenvalue weighted by Crippen LogP contribution is 2.44. The Labute approximate surface area is 177 Å². The summed E-state index contributed by atoms with van der Waals surface area (Å²) in [7, 11) is 1.98. The molecule has 0 spiro atoms. The molecule has 0 amide bonds. The number of carboxylic acid groups (broad SMARTS) is 1. The van der Waals surface area contributed by atoms with Crippen molar-refractivity contribution in [1.29, 1.82) is 0 Å². The third-order valence-electron chi connectivity index (χ3n) is 5.61. The third kappa shape index (κ3) is 3.65. The lowest BCUT2D eigenvalue weighted by Gasteiger charge is -2.22. The molecule has 3 N–H and O–H groups in total. The van der Waals surface area contributed by atoms with Crippen LogP contribution in [0.5, 0.6) is 5.75 Å². The lowest BCUT2D eigenvalue weighted by atomic mass is 10.1. The van der Waals surface area contributed by atoms with Gasteiger partial charge in [-0.1, -0.05) is 11.6 Å². The number of pyridine rings is 1. The van der Waals surface area contributed by atoms with Crippen molar-refractivity contribution in [3.8, 4) is 5.75 Å². The van der Waals surface area contributed by atoms with Crippen LogP contribution in [0, 0.1) is 5.82 Å². The van der Waals surface area contributed by atoms with E-state index in [4.69, 9.17) is 22.1 Å².